The summed E-state index contributed by atoms with van der Waals surface area (Å²) in [7, 11) is -3.05. The first kappa shape index (κ1) is 13.9. The van der Waals surface area contributed by atoms with E-state index in [-0.39, 0.29) is 17.5 Å². The minimum absolute atomic E-state index is 0.0458. The molecule has 0 aromatic heterocycles. The molecule has 0 saturated carbocycles. The Hall–Kier alpha value is -0.560. The van der Waals surface area contributed by atoms with Gasteiger partial charge in [0.25, 0.3) is 0 Å². The van der Waals surface area contributed by atoms with Gasteiger partial charge in [0.15, 0.2) is 9.84 Å². The molecule has 1 fully saturated rings. The highest BCUT2D eigenvalue weighted by atomic mass is 32.2. The number of hydrogen-bond acceptors (Lipinski definition) is 5. The van der Waals surface area contributed by atoms with Crippen LogP contribution in [0.25, 0.3) is 0 Å². The van der Waals surface area contributed by atoms with Crippen molar-refractivity contribution >= 4 is 21.6 Å². The summed E-state index contributed by atoms with van der Waals surface area (Å²) in [6.45, 7) is 0.691. The lowest BCUT2D eigenvalue weighted by molar-refractivity contribution is 0.167. The summed E-state index contributed by atoms with van der Waals surface area (Å²) in [6.07, 6.45) is -0.767. The molecule has 0 radical (unpaired) electrons. The fraction of sp³-hybridized carbons (Fsp3) is 0.500. The highest BCUT2D eigenvalue weighted by Gasteiger charge is 2.35. The summed E-state index contributed by atoms with van der Waals surface area (Å²) < 4.78 is 22.6. The van der Waals surface area contributed by atoms with Gasteiger partial charge in [0.1, 0.15) is 0 Å². The zero-order valence-corrected chi connectivity index (χ0v) is 11.6. The largest absolute Gasteiger partial charge is 0.390 e. The number of nitrogens with one attached hydrogen (secondary N) is 1. The van der Waals surface area contributed by atoms with E-state index in [9.17, 15) is 13.5 Å². The molecule has 0 spiro atoms. The van der Waals surface area contributed by atoms with E-state index in [1.54, 1.807) is 11.8 Å². The van der Waals surface area contributed by atoms with Crippen molar-refractivity contribution in [2.45, 2.75) is 17.0 Å². The van der Waals surface area contributed by atoms with E-state index < -0.39 is 15.9 Å². The highest BCUT2D eigenvalue weighted by Crippen LogP contribution is 2.17. The first-order chi connectivity index (χ1) is 8.57. The van der Waals surface area contributed by atoms with Crippen molar-refractivity contribution < 1.29 is 13.5 Å². The zero-order chi connectivity index (χ0) is 13.0. The van der Waals surface area contributed by atoms with Gasteiger partial charge in [0, 0.05) is 23.2 Å². The van der Waals surface area contributed by atoms with Crippen molar-refractivity contribution in [3.05, 3.63) is 30.3 Å². The van der Waals surface area contributed by atoms with Gasteiger partial charge < -0.3 is 10.4 Å². The predicted molar refractivity (Wildman–Crippen MR) is 73.6 cm³/mol. The van der Waals surface area contributed by atoms with E-state index in [1.165, 1.54) is 4.90 Å². The molecule has 1 aromatic rings. The van der Waals surface area contributed by atoms with Gasteiger partial charge in [-0.3, -0.25) is 0 Å². The van der Waals surface area contributed by atoms with Crippen LogP contribution in [0.5, 0.6) is 0 Å². The second kappa shape index (κ2) is 6.06. The molecule has 0 amide bonds. The van der Waals surface area contributed by atoms with Gasteiger partial charge in [-0.2, -0.15) is 0 Å². The van der Waals surface area contributed by atoms with Crippen LogP contribution < -0.4 is 5.32 Å². The molecule has 1 aromatic carbocycles. The van der Waals surface area contributed by atoms with Gasteiger partial charge >= 0.3 is 0 Å². The molecule has 18 heavy (non-hydrogen) atoms. The first-order valence-corrected chi connectivity index (χ1v) is 8.67. The lowest BCUT2D eigenvalue weighted by Crippen LogP contribution is -2.39. The van der Waals surface area contributed by atoms with Crippen LogP contribution in [0.1, 0.15) is 0 Å². The Morgan fingerprint density at radius 2 is 2.00 bits per heavy atom. The standard InChI is InChI=1S/C12H17NO3S2/c14-12-9-18(15,16)8-11(12)13-6-7-17-10-4-2-1-3-5-10/h1-5,11-14H,6-9H2. The van der Waals surface area contributed by atoms with E-state index in [0.29, 0.717) is 6.54 Å². The fourth-order valence-corrected chi connectivity index (χ4v) is 4.53. The van der Waals surface area contributed by atoms with Crippen LogP contribution >= 0.6 is 11.8 Å². The summed E-state index contributed by atoms with van der Waals surface area (Å²) in [4.78, 5) is 1.19. The van der Waals surface area contributed by atoms with E-state index in [2.05, 4.69) is 5.32 Å². The number of thioether (sulfide) groups is 1. The number of hydrogen-bond donors (Lipinski definition) is 2. The molecule has 1 aliphatic heterocycles. The maximum absolute atomic E-state index is 11.3. The minimum Gasteiger partial charge on any atom is -0.390 e. The van der Waals surface area contributed by atoms with Crippen molar-refractivity contribution in [3.8, 4) is 0 Å². The molecule has 2 N–H and O–H groups in total. The van der Waals surface area contributed by atoms with Crippen molar-refractivity contribution in [3.63, 3.8) is 0 Å². The van der Waals surface area contributed by atoms with Gasteiger partial charge in [-0.05, 0) is 12.1 Å². The third kappa shape index (κ3) is 3.98. The molecule has 6 heteroatoms. The van der Waals surface area contributed by atoms with Crippen LogP contribution in [-0.4, -0.2) is 49.5 Å². The van der Waals surface area contributed by atoms with Crippen molar-refractivity contribution in [1.82, 2.24) is 5.32 Å². The third-order valence-corrected chi connectivity index (χ3v) is 5.57. The quantitative estimate of drug-likeness (QED) is 0.611. The Morgan fingerprint density at radius 3 is 2.61 bits per heavy atom. The monoisotopic (exact) mass is 287 g/mol. The number of benzene rings is 1. The summed E-state index contributed by atoms with van der Waals surface area (Å²) in [5.74, 6) is 0.786. The Morgan fingerprint density at radius 1 is 1.28 bits per heavy atom. The van der Waals surface area contributed by atoms with Crippen LogP contribution in [-0.2, 0) is 9.84 Å². The van der Waals surface area contributed by atoms with Crippen LogP contribution in [0.3, 0.4) is 0 Å². The first-order valence-electron chi connectivity index (χ1n) is 5.86. The minimum atomic E-state index is -3.05. The van der Waals surface area contributed by atoms with E-state index in [1.807, 2.05) is 30.3 Å². The molecule has 2 unspecified atom stereocenters. The summed E-state index contributed by atoms with van der Waals surface area (Å²) in [5, 5.41) is 12.7. The Labute approximate surface area is 112 Å². The van der Waals surface area contributed by atoms with E-state index >= 15 is 0 Å². The lowest BCUT2D eigenvalue weighted by Gasteiger charge is -2.14. The normalized spacial score (nSPS) is 26.3. The van der Waals surface area contributed by atoms with Crippen LogP contribution in [0.15, 0.2) is 35.2 Å². The second-order valence-corrected chi connectivity index (χ2v) is 7.69. The molecular weight excluding hydrogens is 270 g/mol. The second-order valence-electron chi connectivity index (χ2n) is 4.37. The molecule has 4 nitrogen and oxygen atoms in total. The van der Waals surface area contributed by atoms with Crippen LogP contribution in [0.2, 0.25) is 0 Å². The SMILES string of the molecule is O=S1(=O)CC(O)C(NCCSc2ccccc2)C1. The molecule has 2 atom stereocenters. The summed E-state index contributed by atoms with van der Waals surface area (Å²) >= 11 is 1.71. The maximum atomic E-state index is 11.3. The van der Waals surface area contributed by atoms with Gasteiger partial charge in [-0.1, -0.05) is 18.2 Å². The molecule has 1 saturated heterocycles. The average Bonchev–Trinajstić information content (AvgIpc) is 2.59. The number of sulfone groups is 1. The van der Waals surface area contributed by atoms with Gasteiger partial charge in [0.2, 0.25) is 0 Å². The Kier molecular flexibility index (Phi) is 4.66. The van der Waals surface area contributed by atoms with Crippen LogP contribution in [0.4, 0.5) is 0 Å². The number of aliphatic hydroxyl groups excluding tert-OH is 1. The van der Waals surface area contributed by atoms with E-state index in [4.69, 9.17) is 0 Å². The molecule has 1 heterocycles. The average molecular weight is 287 g/mol. The third-order valence-electron chi connectivity index (χ3n) is 2.84. The van der Waals surface area contributed by atoms with Crippen molar-refractivity contribution in [2.75, 3.05) is 23.8 Å². The summed E-state index contributed by atoms with van der Waals surface area (Å²) in [5.41, 5.74) is 0. The van der Waals surface area contributed by atoms with Crippen molar-refractivity contribution in [2.24, 2.45) is 0 Å². The number of rotatable bonds is 5. The van der Waals surface area contributed by atoms with Crippen molar-refractivity contribution in [1.29, 1.82) is 0 Å². The zero-order valence-electron chi connectivity index (χ0n) is 9.95. The highest BCUT2D eigenvalue weighted by molar-refractivity contribution is 7.99. The lowest BCUT2D eigenvalue weighted by atomic mass is 10.2. The van der Waals surface area contributed by atoms with Gasteiger partial charge in [-0.15, -0.1) is 11.8 Å². The molecular formula is C12H17NO3S2. The Bertz CT molecular complexity index is 475. The van der Waals surface area contributed by atoms with E-state index in [0.717, 1.165) is 5.75 Å². The molecule has 0 aliphatic carbocycles. The van der Waals surface area contributed by atoms with Gasteiger partial charge in [0.05, 0.1) is 17.6 Å². The van der Waals surface area contributed by atoms with Gasteiger partial charge in [-0.25, -0.2) is 8.42 Å². The molecule has 0 bridgehead atoms. The predicted octanol–water partition coefficient (Wildman–Crippen LogP) is 0.526. The smallest absolute Gasteiger partial charge is 0.154 e. The van der Waals surface area contributed by atoms with Crippen LogP contribution in [0, 0.1) is 0 Å². The summed E-state index contributed by atoms with van der Waals surface area (Å²) in [6, 6.07) is 9.72. The molecule has 2 rings (SSSR count). The molecule has 1 aliphatic rings. The fourth-order valence-electron chi connectivity index (χ4n) is 1.95. The number of aliphatic hydroxyl groups is 1. The Balaban J connectivity index is 1.70. The molecule has 100 valence electrons. The maximum Gasteiger partial charge on any atom is 0.154 e. The topological polar surface area (TPSA) is 66.4 Å².